The standard InChI is InChI=1S/C14H20INOSi/c1-4-18(5-2,6-3)12-8-11-16-13(15)9-7-10-14(16)17/h7,9-10H,4-6,11H2,1-3H3. The van der Waals surface area contributed by atoms with Crippen LogP contribution in [-0.4, -0.2) is 12.6 Å². The Hall–Kier alpha value is -0.543. The van der Waals surface area contributed by atoms with Crippen molar-refractivity contribution in [3.8, 4) is 11.5 Å². The molecule has 0 bridgehead atoms. The van der Waals surface area contributed by atoms with E-state index in [4.69, 9.17) is 0 Å². The normalized spacial score (nSPS) is 10.9. The van der Waals surface area contributed by atoms with E-state index >= 15 is 0 Å². The summed E-state index contributed by atoms with van der Waals surface area (Å²) >= 11 is 2.18. The topological polar surface area (TPSA) is 22.0 Å². The second kappa shape index (κ2) is 7.15. The van der Waals surface area contributed by atoms with Gasteiger partial charge in [0.05, 0.1) is 10.2 Å². The predicted molar refractivity (Wildman–Crippen MR) is 88.4 cm³/mol. The lowest BCUT2D eigenvalue weighted by molar-refractivity contribution is 0.771. The molecule has 0 spiro atoms. The van der Waals surface area contributed by atoms with Gasteiger partial charge in [-0.15, -0.1) is 5.54 Å². The Morgan fingerprint density at radius 2 is 1.83 bits per heavy atom. The highest BCUT2D eigenvalue weighted by molar-refractivity contribution is 14.1. The first-order chi connectivity index (χ1) is 8.58. The molecule has 4 heteroatoms. The van der Waals surface area contributed by atoms with E-state index < -0.39 is 8.07 Å². The Kier molecular flexibility index (Phi) is 6.16. The van der Waals surface area contributed by atoms with Gasteiger partial charge in [0, 0.05) is 6.07 Å². The summed E-state index contributed by atoms with van der Waals surface area (Å²) in [5, 5.41) is 0. The van der Waals surface area contributed by atoms with Gasteiger partial charge in [0.2, 0.25) is 0 Å². The van der Waals surface area contributed by atoms with Crippen molar-refractivity contribution in [2.45, 2.75) is 45.4 Å². The fourth-order valence-corrected chi connectivity index (χ4v) is 5.07. The van der Waals surface area contributed by atoms with Crippen LogP contribution >= 0.6 is 22.6 Å². The lowest BCUT2D eigenvalue weighted by Gasteiger charge is -2.20. The van der Waals surface area contributed by atoms with Gasteiger partial charge in [-0.1, -0.05) is 32.8 Å². The molecule has 1 aromatic rings. The molecular weight excluding hydrogens is 353 g/mol. The van der Waals surface area contributed by atoms with Crippen LogP contribution in [0.4, 0.5) is 0 Å². The molecule has 0 amide bonds. The Morgan fingerprint density at radius 1 is 1.22 bits per heavy atom. The Balaban J connectivity index is 2.92. The van der Waals surface area contributed by atoms with Crippen molar-refractivity contribution in [2.75, 3.05) is 0 Å². The molecule has 1 rings (SSSR count). The maximum Gasteiger partial charge on any atom is 0.252 e. The fourth-order valence-electron chi connectivity index (χ4n) is 1.97. The second-order valence-electron chi connectivity index (χ2n) is 4.42. The van der Waals surface area contributed by atoms with Crippen LogP contribution in [0.2, 0.25) is 18.1 Å². The smallest absolute Gasteiger partial charge is 0.252 e. The third-order valence-electron chi connectivity index (χ3n) is 3.62. The van der Waals surface area contributed by atoms with Gasteiger partial charge in [0.1, 0.15) is 8.07 Å². The summed E-state index contributed by atoms with van der Waals surface area (Å²) in [6, 6.07) is 8.92. The lowest BCUT2D eigenvalue weighted by atomic mass is 10.4. The van der Waals surface area contributed by atoms with Gasteiger partial charge in [0.25, 0.3) is 5.56 Å². The summed E-state index contributed by atoms with van der Waals surface area (Å²) in [5.41, 5.74) is 3.55. The average Bonchev–Trinajstić information content (AvgIpc) is 2.38. The molecule has 18 heavy (non-hydrogen) atoms. The van der Waals surface area contributed by atoms with Crippen LogP contribution in [0.3, 0.4) is 0 Å². The molecule has 2 nitrogen and oxygen atoms in total. The van der Waals surface area contributed by atoms with E-state index in [0.717, 1.165) is 3.70 Å². The largest absolute Gasteiger partial charge is 0.292 e. The fraction of sp³-hybridized carbons (Fsp3) is 0.500. The van der Waals surface area contributed by atoms with Crippen LogP contribution in [-0.2, 0) is 6.54 Å². The minimum absolute atomic E-state index is 0.0352. The van der Waals surface area contributed by atoms with Crippen LogP contribution < -0.4 is 5.56 Å². The SMILES string of the molecule is CC[Si](C#CCn1c(I)cccc1=O)(CC)CC. The third kappa shape index (κ3) is 3.72. The molecule has 0 aliphatic carbocycles. The second-order valence-corrected chi connectivity index (χ2v) is 10.5. The number of aromatic nitrogens is 1. The average molecular weight is 373 g/mol. The van der Waals surface area contributed by atoms with Gasteiger partial charge >= 0.3 is 0 Å². The molecule has 0 radical (unpaired) electrons. The third-order valence-corrected chi connectivity index (χ3v) is 9.33. The molecule has 0 aromatic carbocycles. The molecule has 0 saturated carbocycles. The number of hydrogen-bond acceptors (Lipinski definition) is 1. The minimum Gasteiger partial charge on any atom is -0.292 e. The highest BCUT2D eigenvalue weighted by Gasteiger charge is 2.23. The van der Waals surface area contributed by atoms with Crippen LogP contribution in [0.25, 0.3) is 0 Å². The van der Waals surface area contributed by atoms with E-state index in [1.54, 1.807) is 16.7 Å². The summed E-state index contributed by atoms with van der Waals surface area (Å²) in [6.07, 6.45) is 0. The number of hydrogen-bond donors (Lipinski definition) is 0. The van der Waals surface area contributed by atoms with Crippen molar-refractivity contribution in [3.05, 3.63) is 32.3 Å². The Morgan fingerprint density at radius 3 is 2.33 bits per heavy atom. The summed E-state index contributed by atoms with van der Waals surface area (Å²) in [7, 11) is -1.38. The Bertz CT molecular complexity index is 500. The first-order valence-electron chi connectivity index (χ1n) is 6.44. The van der Waals surface area contributed by atoms with Crippen molar-refractivity contribution < 1.29 is 0 Å². The van der Waals surface area contributed by atoms with E-state index in [2.05, 4.69) is 54.8 Å². The first-order valence-corrected chi connectivity index (χ1v) is 10.1. The minimum atomic E-state index is -1.38. The number of rotatable bonds is 4. The summed E-state index contributed by atoms with van der Waals surface area (Å²) in [4.78, 5) is 11.7. The monoisotopic (exact) mass is 373 g/mol. The molecule has 98 valence electrons. The molecule has 0 aliphatic rings. The van der Waals surface area contributed by atoms with Crippen molar-refractivity contribution in [2.24, 2.45) is 0 Å². The van der Waals surface area contributed by atoms with E-state index in [1.165, 1.54) is 18.1 Å². The maximum absolute atomic E-state index is 11.7. The number of pyridine rings is 1. The van der Waals surface area contributed by atoms with E-state index in [-0.39, 0.29) is 5.56 Å². The van der Waals surface area contributed by atoms with Gasteiger partial charge in [-0.25, -0.2) is 0 Å². The van der Waals surface area contributed by atoms with Gasteiger partial charge in [-0.3, -0.25) is 9.36 Å². The zero-order chi connectivity index (χ0) is 13.6. The maximum atomic E-state index is 11.7. The molecule has 0 fully saturated rings. The van der Waals surface area contributed by atoms with Crippen molar-refractivity contribution >= 4 is 30.7 Å². The first kappa shape index (κ1) is 15.5. The van der Waals surface area contributed by atoms with Crippen molar-refractivity contribution in [3.63, 3.8) is 0 Å². The highest BCUT2D eigenvalue weighted by Crippen LogP contribution is 2.18. The molecule has 0 atom stereocenters. The molecular formula is C14H20INOSi. The van der Waals surface area contributed by atoms with E-state index in [1.807, 2.05) is 6.07 Å². The molecule has 1 heterocycles. The van der Waals surface area contributed by atoms with Crippen molar-refractivity contribution in [1.82, 2.24) is 4.57 Å². The molecule has 0 saturated heterocycles. The lowest BCUT2D eigenvalue weighted by Crippen LogP contribution is -2.29. The zero-order valence-electron chi connectivity index (χ0n) is 11.3. The van der Waals surface area contributed by atoms with Gasteiger partial charge in [0.15, 0.2) is 0 Å². The van der Waals surface area contributed by atoms with Crippen molar-refractivity contribution in [1.29, 1.82) is 0 Å². The predicted octanol–water partition coefficient (Wildman–Crippen LogP) is 3.50. The van der Waals surface area contributed by atoms with E-state index in [9.17, 15) is 4.79 Å². The van der Waals surface area contributed by atoms with Crippen LogP contribution in [0.15, 0.2) is 23.0 Å². The van der Waals surface area contributed by atoms with Crippen LogP contribution in [0.1, 0.15) is 20.8 Å². The van der Waals surface area contributed by atoms with Crippen LogP contribution in [0, 0.1) is 15.2 Å². The van der Waals surface area contributed by atoms with Gasteiger partial charge in [-0.2, -0.15) is 0 Å². The van der Waals surface area contributed by atoms with Gasteiger partial charge in [-0.05, 0) is 46.8 Å². The molecule has 0 unspecified atom stereocenters. The highest BCUT2D eigenvalue weighted by atomic mass is 127. The Labute approximate surface area is 124 Å². The zero-order valence-corrected chi connectivity index (χ0v) is 14.5. The molecule has 0 N–H and O–H groups in total. The number of halogens is 1. The van der Waals surface area contributed by atoms with Gasteiger partial charge < -0.3 is 0 Å². The number of nitrogens with zero attached hydrogens (tertiary/aromatic N) is 1. The summed E-state index contributed by atoms with van der Waals surface area (Å²) < 4.78 is 2.68. The molecule has 1 aromatic heterocycles. The van der Waals surface area contributed by atoms with Crippen LogP contribution in [0.5, 0.6) is 0 Å². The summed E-state index contributed by atoms with van der Waals surface area (Å²) in [6.45, 7) is 7.25. The quantitative estimate of drug-likeness (QED) is 0.343. The summed E-state index contributed by atoms with van der Waals surface area (Å²) in [5.74, 6) is 3.25. The molecule has 0 aliphatic heterocycles. The van der Waals surface area contributed by atoms with E-state index in [0.29, 0.717) is 6.54 Å².